The molecule has 0 saturated carbocycles. The molecule has 1 atom stereocenters. The Labute approximate surface area is 211 Å². The molecule has 0 aliphatic rings. The number of benzene rings is 3. The number of nitrogens with one attached hydrogen (secondary N) is 1. The summed E-state index contributed by atoms with van der Waals surface area (Å²) in [5, 5.41) is 3.43. The first-order valence-electron chi connectivity index (χ1n) is 11.0. The lowest BCUT2D eigenvalue weighted by Crippen LogP contribution is -2.41. The lowest BCUT2D eigenvalue weighted by Gasteiger charge is -2.23. The number of amides is 1. The normalized spacial score (nSPS) is 12.3. The van der Waals surface area contributed by atoms with E-state index in [0.29, 0.717) is 22.1 Å². The van der Waals surface area contributed by atoms with E-state index in [1.165, 1.54) is 7.11 Å². The molecular formula is C26H29ClN2O5S. The fourth-order valence-electron chi connectivity index (χ4n) is 3.53. The van der Waals surface area contributed by atoms with Gasteiger partial charge in [0.05, 0.1) is 31.7 Å². The zero-order valence-corrected chi connectivity index (χ0v) is 21.7. The molecule has 1 amide bonds. The smallest absolute Gasteiger partial charge is 0.243 e. The molecule has 7 nitrogen and oxygen atoms in total. The van der Waals surface area contributed by atoms with Gasteiger partial charge in [0, 0.05) is 11.6 Å². The van der Waals surface area contributed by atoms with Gasteiger partial charge in [0.1, 0.15) is 0 Å². The number of ether oxygens (including phenoxy) is 2. The predicted molar refractivity (Wildman–Crippen MR) is 136 cm³/mol. The Morgan fingerprint density at radius 1 is 0.971 bits per heavy atom. The molecule has 0 aliphatic heterocycles. The Morgan fingerprint density at radius 2 is 1.60 bits per heavy atom. The van der Waals surface area contributed by atoms with E-state index in [0.717, 1.165) is 15.4 Å². The van der Waals surface area contributed by atoms with E-state index in [-0.39, 0.29) is 24.0 Å². The molecule has 3 aromatic rings. The largest absolute Gasteiger partial charge is 0.493 e. The summed E-state index contributed by atoms with van der Waals surface area (Å²) in [7, 11) is -0.853. The number of rotatable bonds is 10. The molecule has 0 unspecified atom stereocenters. The third-order valence-electron chi connectivity index (χ3n) is 5.54. The molecule has 0 bridgehead atoms. The number of hydrogen-bond acceptors (Lipinski definition) is 5. The second kappa shape index (κ2) is 11.6. The summed E-state index contributed by atoms with van der Waals surface area (Å²) >= 11 is 5.98. The van der Waals surface area contributed by atoms with Crippen molar-refractivity contribution in [1.82, 2.24) is 9.62 Å². The maximum Gasteiger partial charge on any atom is 0.243 e. The van der Waals surface area contributed by atoms with Gasteiger partial charge in [-0.25, -0.2) is 8.42 Å². The molecule has 0 aromatic heterocycles. The van der Waals surface area contributed by atoms with E-state index in [1.807, 2.05) is 19.9 Å². The fourth-order valence-corrected chi connectivity index (χ4v) is 5.04. The summed E-state index contributed by atoms with van der Waals surface area (Å²) in [6, 6.07) is 18.4. The molecular weight excluding hydrogens is 488 g/mol. The molecule has 0 aliphatic carbocycles. The minimum absolute atomic E-state index is 0.0194. The number of hydrogen-bond donors (Lipinski definition) is 1. The van der Waals surface area contributed by atoms with Gasteiger partial charge in [-0.1, -0.05) is 47.5 Å². The first-order chi connectivity index (χ1) is 16.6. The highest BCUT2D eigenvalue weighted by atomic mass is 35.5. The highest BCUT2D eigenvalue weighted by Crippen LogP contribution is 2.30. The van der Waals surface area contributed by atoms with Crippen molar-refractivity contribution in [2.45, 2.75) is 31.3 Å². The SMILES string of the molecule is COc1ccc([C@H](C)NC(=O)CN(Cc2ccc(Cl)cc2)S(=O)(=O)c2ccc(C)cc2)cc1OC. The fraction of sp³-hybridized carbons (Fsp3) is 0.269. The zero-order chi connectivity index (χ0) is 25.6. The van der Waals surface area contributed by atoms with E-state index in [9.17, 15) is 13.2 Å². The molecule has 3 rings (SSSR count). The number of nitrogens with zero attached hydrogens (tertiary/aromatic N) is 1. The summed E-state index contributed by atoms with van der Waals surface area (Å²) in [5.74, 6) is 0.683. The summed E-state index contributed by atoms with van der Waals surface area (Å²) in [4.78, 5) is 13.1. The van der Waals surface area contributed by atoms with Gasteiger partial charge in [-0.05, 0) is 61.4 Å². The maximum absolute atomic E-state index is 13.4. The molecule has 0 fully saturated rings. The Kier molecular flexibility index (Phi) is 8.77. The van der Waals surface area contributed by atoms with Crippen molar-refractivity contribution in [3.05, 3.63) is 88.4 Å². The third kappa shape index (κ3) is 6.75. The number of aryl methyl sites for hydroxylation is 1. The van der Waals surface area contributed by atoms with Crippen molar-refractivity contribution in [2.75, 3.05) is 20.8 Å². The van der Waals surface area contributed by atoms with Crippen molar-refractivity contribution in [2.24, 2.45) is 0 Å². The van der Waals surface area contributed by atoms with Gasteiger partial charge in [0.2, 0.25) is 15.9 Å². The van der Waals surface area contributed by atoms with Crippen LogP contribution in [-0.2, 0) is 21.4 Å². The highest BCUT2D eigenvalue weighted by Gasteiger charge is 2.27. The minimum atomic E-state index is -3.94. The summed E-state index contributed by atoms with van der Waals surface area (Å²) in [6.07, 6.45) is 0. The first kappa shape index (κ1) is 26.5. The van der Waals surface area contributed by atoms with E-state index in [2.05, 4.69) is 5.32 Å². The van der Waals surface area contributed by atoms with Gasteiger partial charge in [-0.15, -0.1) is 0 Å². The van der Waals surface area contributed by atoms with Crippen molar-refractivity contribution in [1.29, 1.82) is 0 Å². The Bertz CT molecular complexity index is 1260. The molecule has 1 N–H and O–H groups in total. The standard InChI is InChI=1S/C26H29ClN2O5S/c1-18-5-12-23(13-6-18)35(31,32)29(16-20-7-10-22(27)11-8-20)17-26(30)28-19(2)21-9-14-24(33-3)25(15-21)34-4/h5-15,19H,16-17H2,1-4H3,(H,28,30)/t19-/m0/s1. The van der Waals surface area contributed by atoms with Crippen LogP contribution in [0.5, 0.6) is 11.5 Å². The summed E-state index contributed by atoms with van der Waals surface area (Å²) in [6.45, 7) is 3.37. The van der Waals surface area contributed by atoms with Crippen LogP contribution >= 0.6 is 11.6 Å². The summed E-state index contributed by atoms with van der Waals surface area (Å²) in [5.41, 5.74) is 2.45. The van der Waals surface area contributed by atoms with Crippen molar-refractivity contribution in [3.63, 3.8) is 0 Å². The van der Waals surface area contributed by atoms with E-state index >= 15 is 0 Å². The first-order valence-corrected chi connectivity index (χ1v) is 12.8. The Hall–Kier alpha value is -3.07. The van der Waals surface area contributed by atoms with Crippen LogP contribution < -0.4 is 14.8 Å². The number of carbonyl (C=O) groups is 1. The van der Waals surface area contributed by atoms with Crippen LogP contribution in [0.3, 0.4) is 0 Å². The van der Waals surface area contributed by atoms with Gasteiger partial charge >= 0.3 is 0 Å². The van der Waals surface area contributed by atoms with Crippen LogP contribution in [0, 0.1) is 6.92 Å². The van der Waals surface area contributed by atoms with Crippen LogP contribution in [-0.4, -0.2) is 39.4 Å². The second-order valence-electron chi connectivity index (χ2n) is 8.12. The Morgan fingerprint density at radius 3 is 2.20 bits per heavy atom. The topological polar surface area (TPSA) is 84.9 Å². The maximum atomic E-state index is 13.4. The number of carbonyl (C=O) groups excluding carboxylic acids is 1. The van der Waals surface area contributed by atoms with Gasteiger partial charge in [-0.3, -0.25) is 4.79 Å². The summed E-state index contributed by atoms with van der Waals surface area (Å²) < 4.78 is 38.7. The van der Waals surface area contributed by atoms with Crippen LogP contribution in [0.4, 0.5) is 0 Å². The third-order valence-corrected chi connectivity index (χ3v) is 7.59. The highest BCUT2D eigenvalue weighted by molar-refractivity contribution is 7.89. The van der Waals surface area contributed by atoms with E-state index in [4.69, 9.17) is 21.1 Å². The number of sulfonamides is 1. The molecule has 0 saturated heterocycles. The molecule has 0 radical (unpaired) electrons. The molecule has 186 valence electrons. The lowest BCUT2D eigenvalue weighted by molar-refractivity contribution is -0.122. The molecule has 0 heterocycles. The van der Waals surface area contributed by atoms with Crippen molar-refractivity contribution < 1.29 is 22.7 Å². The van der Waals surface area contributed by atoms with Crippen LogP contribution in [0.15, 0.2) is 71.6 Å². The van der Waals surface area contributed by atoms with Gasteiger partial charge in [0.15, 0.2) is 11.5 Å². The number of methoxy groups -OCH3 is 2. The molecule has 0 spiro atoms. The Balaban J connectivity index is 1.83. The van der Waals surface area contributed by atoms with E-state index in [1.54, 1.807) is 67.8 Å². The zero-order valence-electron chi connectivity index (χ0n) is 20.1. The predicted octanol–water partition coefficient (Wildman–Crippen LogP) is 4.73. The van der Waals surface area contributed by atoms with Crippen LogP contribution in [0.2, 0.25) is 5.02 Å². The molecule has 9 heteroatoms. The van der Waals surface area contributed by atoms with Gasteiger partial charge in [0.25, 0.3) is 0 Å². The van der Waals surface area contributed by atoms with Crippen LogP contribution in [0.1, 0.15) is 29.7 Å². The van der Waals surface area contributed by atoms with Crippen molar-refractivity contribution in [3.8, 4) is 11.5 Å². The van der Waals surface area contributed by atoms with Crippen molar-refractivity contribution >= 4 is 27.5 Å². The van der Waals surface area contributed by atoms with Crippen LogP contribution in [0.25, 0.3) is 0 Å². The monoisotopic (exact) mass is 516 g/mol. The average molecular weight is 517 g/mol. The van der Waals surface area contributed by atoms with Gasteiger partial charge < -0.3 is 14.8 Å². The van der Waals surface area contributed by atoms with Gasteiger partial charge in [-0.2, -0.15) is 4.31 Å². The second-order valence-corrected chi connectivity index (χ2v) is 10.5. The molecule has 35 heavy (non-hydrogen) atoms. The lowest BCUT2D eigenvalue weighted by atomic mass is 10.1. The quantitative estimate of drug-likeness (QED) is 0.421. The minimum Gasteiger partial charge on any atom is -0.493 e. The average Bonchev–Trinajstić information content (AvgIpc) is 2.84. The number of halogens is 1. The molecule has 3 aromatic carbocycles. The van der Waals surface area contributed by atoms with E-state index < -0.39 is 15.9 Å².